The first-order valence-corrected chi connectivity index (χ1v) is 5.09. The van der Waals surface area contributed by atoms with Gasteiger partial charge in [-0.05, 0) is 30.0 Å². The van der Waals surface area contributed by atoms with Crippen molar-refractivity contribution >= 4 is 11.7 Å². The fourth-order valence-electron chi connectivity index (χ4n) is 1.86. The zero-order chi connectivity index (χ0) is 11.0. The number of nitrogens with zero attached hydrogens (tertiary/aromatic N) is 1. The molecule has 3 heteroatoms. The summed E-state index contributed by atoms with van der Waals surface area (Å²) >= 11 is 0. The molecule has 0 aliphatic heterocycles. The van der Waals surface area contributed by atoms with Gasteiger partial charge in [-0.2, -0.15) is 0 Å². The lowest BCUT2D eigenvalue weighted by molar-refractivity contribution is -0.138. The van der Waals surface area contributed by atoms with Gasteiger partial charge < -0.3 is 10.0 Å². The molecule has 0 aromatic heterocycles. The molecule has 2 atom stereocenters. The minimum atomic E-state index is -0.670. The van der Waals surface area contributed by atoms with Crippen molar-refractivity contribution in [1.29, 1.82) is 0 Å². The van der Waals surface area contributed by atoms with Crippen LogP contribution in [0.4, 0.5) is 5.69 Å². The molecule has 1 aliphatic carbocycles. The van der Waals surface area contributed by atoms with Gasteiger partial charge in [0.1, 0.15) is 0 Å². The summed E-state index contributed by atoms with van der Waals surface area (Å²) in [5.41, 5.74) is 2.29. The number of carboxylic acids is 1. The summed E-state index contributed by atoms with van der Waals surface area (Å²) < 4.78 is 0. The highest BCUT2D eigenvalue weighted by atomic mass is 16.4. The third-order valence-electron chi connectivity index (χ3n) is 2.95. The summed E-state index contributed by atoms with van der Waals surface area (Å²) in [4.78, 5) is 12.7. The summed E-state index contributed by atoms with van der Waals surface area (Å²) in [6.07, 6.45) is 0.788. The van der Waals surface area contributed by atoms with Crippen LogP contribution < -0.4 is 4.90 Å². The van der Waals surface area contributed by atoms with Crippen LogP contribution in [0.25, 0.3) is 0 Å². The lowest BCUT2D eigenvalue weighted by atomic mass is 10.1. The van der Waals surface area contributed by atoms with Crippen molar-refractivity contribution in [3.05, 3.63) is 29.8 Å². The molecule has 0 amide bonds. The van der Waals surface area contributed by atoms with Gasteiger partial charge in [0.25, 0.3) is 0 Å². The van der Waals surface area contributed by atoms with Crippen molar-refractivity contribution < 1.29 is 9.90 Å². The lowest BCUT2D eigenvalue weighted by Crippen LogP contribution is -2.08. The zero-order valence-electron chi connectivity index (χ0n) is 8.97. The second-order valence-corrected chi connectivity index (χ2v) is 4.27. The second kappa shape index (κ2) is 3.57. The molecule has 1 aromatic rings. The van der Waals surface area contributed by atoms with Gasteiger partial charge in [0, 0.05) is 19.8 Å². The molecule has 1 aliphatic rings. The lowest BCUT2D eigenvalue weighted by Gasteiger charge is -2.12. The fraction of sp³-hybridized carbons (Fsp3) is 0.417. The van der Waals surface area contributed by atoms with Gasteiger partial charge in [-0.1, -0.05) is 12.1 Å². The first-order valence-electron chi connectivity index (χ1n) is 5.09. The van der Waals surface area contributed by atoms with Crippen LogP contribution in [0.5, 0.6) is 0 Å². The predicted octanol–water partition coefficient (Wildman–Crippen LogP) is 1.94. The van der Waals surface area contributed by atoms with E-state index in [0.29, 0.717) is 0 Å². The van der Waals surface area contributed by atoms with Crippen molar-refractivity contribution in [1.82, 2.24) is 0 Å². The molecule has 0 spiro atoms. The number of carboxylic acid groups (broad SMARTS) is 1. The Labute approximate surface area is 89.3 Å². The van der Waals surface area contributed by atoms with Gasteiger partial charge in [-0.15, -0.1) is 0 Å². The molecule has 0 bridgehead atoms. The van der Waals surface area contributed by atoms with E-state index < -0.39 is 5.97 Å². The number of carbonyl (C=O) groups is 1. The van der Waals surface area contributed by atoms with Crippen molar-refractivity contribution in [3.8, 4) is 0 Å². The average molecular weight is 205 g/mol. The van der Waals surface area contributed by atoms with Crippen molar-refractivity contribution in [2.75, 3.05) is 19.0 Å². The van der Waals surface area contributed by atoms with Gasteiger partial charge in [0.05, 0.1) is 5.92 Å². The maximum absolute atomic E-state index is 10.7. The molecular weight excluding hydrogens is 190 g/mol. The molecule has 1 aromatic carbocycles. The zero-order valence-corrected chi connectivity index (χ0v) is 8.97. The Hall–Kier alpha value is -1.51. The Kier molecular flexibility index (Phi) is 2.39. The van der Waals surface area contributed by atoms with Gasteiger partial charge in [-0.25, -0.2) is 0 Å². The monoisotopic (exact) mass is 205 g/mol. The van der Waals surface area contributed by atoms with Crippen LogP contribution in [-0.2, 0) is 4.79 Å². The summed E-state index contributed by atoms with van der Waals surface area (Å²) in [6, 6.07) is 8.13. The van der Waals surface area contributed by atoms with Crippen LogP contribution in [0, 0.1) is 5.92 Å². The third kappa shape index (κ3) is 1.96. The smallest absolute Gasteiger partial charge is 0.307 e. The topological polar surface area (TPSA) is 40.5 Å². The molecule has 0 saturated heterocycles. The van der Waals surface area contributed by atoms with Crippen LogP contribution >= 0.6 is 0 Å². The van der Waals surface area contributed by atoms with Crippen LogP contribution in [0.15, 0.2) is 24.3 Å². The normalized spacial score (nSPS) is 23.6. The van der Waals surface area contributed by atoms with Gasteiger partial charge in [0.15, 0.2) is 0 Å². The van der Waals surface area contributed by atoms with E-state index in [1.165, 1.54) is 0 Å². The average Bonchev–Trinajstić information content (AvgIpc) is 2.97. The number of benzene rings is 1. The SMILES string of the molecule is CN(C)c1ccc([C@@H]2C[C@H]2C(=O)O)cc1. The van der Waals surface area contributed by atoms with Crippen molar-refractivity contribution in [2.24, 2.45) is 5.92 Å². The number of hydrogen-bond acceptors (Lipinski definition) is 2. The molecular formula is C12H15NO2. The highest BCUT2D eigenvalue weighted by Crippen LogP contribution is 2.47. The highest BCUT2D eigenvalue weighted by Gasteiger charge is 2.43. The molecule has 2 rings (SSSR count). The first-order chi connectivity index (χ1) is 7.09. The quantitative estimate of drug-likeness (QED) is 0.819. The molecule has 0 unspecified atom stereocenters. The fourth-order valence-corrected chi connectivity index (χ4v) is 1.86. The van der Waals surface area contributed by atoms with E-state index >= 15 is 0 Å². The predicted molar refractivity (Wildman–Crippen MR) is 59.3 cm³/mol. The van der Waals surface area contributed by atoms with E-state index in [9.17, 15) is 4.79 Å². The number of aliphatic carboxylic acids is 1. The molecule has 1 saturated carbocycles. The van der Waals surface area contributed by atoms with E-state index in [1.54, 1.807) is 0 Å². The number of hydrogen-bond donors (Lipinski definition) is 1. The second-order valence-electron chi connectivity index (χ2n) is 4.27. The Morgan fingerprint density at radius 3 is 2.33 bits per heavy atom. The molecule has 0 radical (unpaired) electrons. The summed E-state index contributed by atoms with van der Waals surface area (Å²) in [5.74, 6) is -0.592. The number of anilines is 1. The molecule has 0 heterocycles. The van der Waals surface area contributed by atoms with Crippen molar-refractivity contribution in [2.45, 2.75) is 12.3 Å². The van der Waals surface area contributed by atoms with Crippen LogP contribution in [-0.4, -0.2) is 25.2 Å². The van der Waals surface area contributed by atoms with E-state index in [4.69, 9.17) is 5.11 Å². The Bertz CT molecular complexity index is 370. The highest BCUT2D eigenvalue weighted by molar-refractivity contribution is 5.75. The Balaban J connectivity index is 2.09. The third-order valence-corrected chi connectivity index (χ3v) is 2.95. The van der Waals surface area contributed by atoms with Crippen LogP contribution in [0.2, 0.25) is 0 Å². The maximum Gasteiger partial charge on any atom is 0.307 e. The van der Waals surface area contributed by atoms with Gasteiger partial charge in [-0.3, -0.25) is 4.79 Å². The Morgan fingerprint density at radius 1 is 1.33 bits per heavy atom. The van der Waals surface area contributed by atoms with E-state index in [2.05, 4.69) is 0 Å². The van der Waals surface area contributed by atoms with Gasteiger partial charge in [0.2, 0.25) is 0 Å². The minimum Gasteiger partial charge on any atom is -0.481 e. The molecule has 3 nitrogen and oxygen atoms in total. The molecule has 1 N–H and O–H groups in total. The first kappa shape index (κ1) is 10.0. The largest absolute Gasteiger partial charge is 0.481 e. The maximum atomic E-state index is 10.7. The Morgan fingerprint density at radius 2 is 1.93 bits per heavy atom. The standard InChI is InChI=1S/C12H15NO2/c1-13(2)9-5-3-8(4-6-9)10-7-11(10)12(14)15/h3-6,10-11H,7H2,1-2H3,(H,14,15)/t10-,11+/m0/s1. The summed E-state index contributed by atoms with van der Waals surface area (Å²) in [5, 5.41) is 8.82. The number of rotatable bonds is 3. The molecule has 80 valence electrons. The molecule has 15 heavy (non-hydrogen) atoms. The van der Waals surface area contributed by atoms with Crippen molar-refractivity contribution in [3.63, 3.8) is 0 Å². The van der Waals surface area contributed by atoms with E-state index in [-0.39, 0.29) is 11.8 Å². The minimum absolute atomic E-state index is 0.157. The van der Waals surface area contributed by atoms with Crippen LogP contribution in [0.1, 0.15) is 17.9 Å². The van der Waals surface area contributed by atoms with Crippen LogP contribution in [0.3, 0.4) is 0 Å². The van der Waals surface area contributed by atoms with E-state index in [1.807, 2.05) is 43.3 Å². The summed E-state index contributed by atoms with van der Waals surface area (Å²) in [7, 11) is 3.98. The van der Waals surface area contributed by atoms with E-state index in [0.717, 1.165) is 17.7 Å². The van der Waals surface area contributed by atoms with Gasteiger partial charge >= 0.3 is 5.97 Å². The molecule has 1 fully saturated rings. The summed E-state index contributed by atoms with van der Waals surface area (Å²) in [6.45, 7) is 0.